The molecule has 0 atom stereocenters. The largest absolute Gasteiger partial charge is 0.497 e. The van der Waals surface area contributed by atoms with Gasteiger partial charge in [0.05, 0.1) is 36.1 Å². The minimum Gasteiger partial charge on any atom is -0.497 e. The van der Waals surface area contributed by atoms with Crippen LogP contribution in [0.4, 0.5) is 11.5 Å². The molecule has 2 aromatic carbocycles. The van der Waals surface area contributed by atoms with Gasteiger partial charge in [-0.1, -0.05) is 6.07 Å². The fourth-order valence-corrected chi connectivity index (χ4v) is 4.10. The van der Waals surface area contributed by atoms with Gasteiger partial charge in [0, 0.05) is 16.5 Å². The van der Waals surface area contributed by atoms with Crippen molar-refractivity contribution in [3.05, 3.63) is 48.7 Å². The lowest BCUT2D eigenvalue weighted by Crippen LogP contribution is -2.10. The molecule has 0 saturated carbocycles. The number of pyridine rings is 1. The second-order valence-corrected chi connectivity index (χ2v) is 8.31. The van der Waals surface area contributed by atoms with Gasteiger partial charge in [-0.05, 0) is 36.4 Å². The van der Waals surface area contributed by atoms with Gasteiger partial charge in [0.15, 0.2) is 15.7 Å². The molecule has 8 nitrogen and oxygen atoms in total. The highest BCUT2D eigenvalue weighted by Gasteiger charge is 2.15. The molecule has 0 amide bonds. The molecule has 9 heteroatoms. The van der Waals surface area contributed by atoms with E-state index in [1.807, 2.05) is 18.2 Å². The van der Waals surface area contributed by atoms with Gasteiger partial charge in [0.25, 0.3) is 0 Å². The maximum absolute atomic E-state index is 12.2. The van der Waals surface area contributed by atoms with E-state index in [1.165, 1.54) is 12.1 Å². The summed E-state index contributed by atoms with van der Waals surface area (Å²) >= 11 is 0. The molecule has 4 rings (SSSR count). The molecule has 2 heterocycles. The van der Waals surface area contributed by atoms with E-state index in [-0.39, 0.29) is 10.6 Å². The SMILES string of the molecule is COc1ccc2nc(Nc3cccc(S(=O)(=O)CCO)c3)c3[nH]ncc3c2c1. The van der Waals surface area contributed by atoms with Crippen molar-refractivity contribution in [2.45, 2.75) is 4.90 Å². The first-order chi connectivity index (χ1) is 13.5. The number of benzene rings is 2. The Morgan fingerprint density at radius 1 is 1.18 bits per heavy atom. The number of nitrogens with zero attached hydrogens (tertiary/aromatic N) is 2. The standard InChI is InChI=1S/C19H18N4O4S/c1-27-13-5-6-17-15(10-13)16-11-20-23-18(16)19(22-17)21-12-3-2-4-14(9-12)28(25,26)8-7-24/h2-6,9-11,24H,7-8H2,1H3,(H,20,23)(H,21,22). The minimum atomic E-state index is -3.54. The monoisotopic (exact) mass is 398 g/mol. The van der Waals surface area contributed by atoms with Crippen molar-refractivity contribution in [3.63, 3.8) is 0 Å². The summed E-state index contributed by atoms with van der Waals surface area (Å²) in [5.74, 6) is 0.929. The van der Waals surface area contributed by atoms with Gasteiger partial charge in [-0.15, -0.1) is 0 Å². The van der Waals surface area contributed by atoms with Crippen LogP contribution >= 0.6 is 0 Å². The predicted molar refractivity (Wildman–Crippen MR) is 107 cm³/mol. The summed E-state index contributed by atoms with van der Waals surface area (Å²) in [5, 5.41) is 21.0. The maximum Gasteiger partial charge on any atom is 0.180 e. The molecular weight excluding hydrogens is 380 g/mol. The third kappa shape index (κ3) is 3.25. The predicted octanol–water partition coefficient (Wildman–Crippen LogP) is 2.63. The van der Waals surface area contributed by atoms with Gasteiger partial charge in [-0.25, -0.2) is 13.4 Å². The Labute approximate surface area is 161 Å². The Morgan fingerprint density at radius 3 is 2.82 bits per heavy atom. The molecule has 3 N–H and O–H groups in total. The number of aliphatic hydroxyl groups is 1. The normalized spacial score (nSPS) is 11.8. The Kier molecular flexibility index (Phi) is 4.62. The highest BCUT2D eigenvalue weighted by atomic mass is 32.2. The molecule has 0 saturated heterocycles. The number of sulfone groups is 1. The summed E-state index contributed by atoms with van der Waals surface area (Å²) in [5.41, 5.74) is 2.01. The molecule has 28 heavy (non-hydrogen) atoms. The minimum absolute atomic E-state index is 0.137. The first-order valence-corrected chi connectivity index (χ1v) is 10.2. The maximum atomic E-state index is 12.2. The number of fused-ring (bicyclic) bond motifs is 3. The lowest BCUT2D eigenvalue weighted by atomic mass is 10.1. The number of H-pyrrole nitrogens is 1. The van der Waals surface area contributed by atoms with Gasteiger partial charge in [-0.2, -0.15) is 5.10 Å². The van der Waals surface area contributed by atoms with Gasteiger partial charge in [0.1, 0.15) is 11.3 Å². The first-order valence-electron chi connectivity index (χ1n) is 8.53. The smallest absolute Gasteiger partial charge is 0.180 e. The zero-order valence-electron chi connectivity index (χ0n) is 15.0. The zero-order valence-corrected chi connectivity index (χ0v) is 15.8. The average Bonchev–Trinajstić information content (AvgIpc) is 3.18. The molecule has 0 aliphatic heterocycles. The van der Waals surface area contributed by atoms with Gasteiger partial charge in [-0.3, -0.25) is 5.10 Å². The van der Waals surface area contributed by atoms with Crippen LogP contribution in [0, 0.1) is 0 Å². The van der Waals surface area contributed by atoms with Crippen molar-refractivity contribution in [2.24, 2.45) is 0 Å². The molecule has 0 aliphatic carbocycles. The van der Waals surface area contributed by atoms with Crippen LogP contribution < -0.4 is 10.1 Å². The first kappa shape index (κ1) is 18.2. The number of ether oxygens (including phenoxy) is 1. The Hall–Kier alpha value is -3.17. The summed E-state index contributed by atoms with van der Waals surface area (Å²) in [6.07, 6.45) is 1.71. The number of rotatable bonds is 6. The van der Waals surface area contributed by atoms with E-state index in [2.05, 4.69) is 20.5 Å². The second kappa shape index (κ2) is 7.10. The van der Waals surface area contributed by atoms with Crippen LogP contribution in [0.3, 0.4) is 0 Å². The van der Waals surface area contributed by atoms with E-state index in [0.717, 1.165) is 22.0 Å². The molecule has 0 aliphatic rings. The van der Waals surface area contributed by atoms with Gasteiger partial charge < -0.3 is 15.2 Å². The summed E-state index contributed by atoms with van der Waals surface area (Å²) in [4.78, 5) is 4.78. The Morgan fingerprint density at radius 2 is 2.04 bits per heavy atom. The van der Waals surface area contributed by atoms with Crippen LogP contribution in [0.15, 0.2) is 53.6 Å². The Balaban J connectivity index is 1.79. The van der Waals surface area contributed by atoms with Gasteiger partial charge in [0.2, 0.25) is 0 Å². The topological polar surface area (TPSA) is 117 Å². The van der Waals surface area contributed by atoms with Gasteiger partial charge >= 0.3 is 0 Å². The molecule has 0 fully saturated rings. The van der Waals surface area contributed by atoms with Crippen LogP contribution in [-0.4, -0.2) is 48.2 Å². The Bertz CT molecular complexity index is 1270. The van der Waals surface area contributed by atoms with Crippen molar-refractivity contribution >= 4 is 43.1 Å². The second-order valence-electron chi connectivity index (χ2n) is 6.20. The fourth-order valence-electron chi connectivity index (χ4n) is 3.04. The van der Waals surface area contributed by atoms with E-state index in [9.17, 15) is 8.42 Å². The molecule has 144 valence electrons. The number of aromatic nitrogens is 3. The van der Waals surface area contributed by atoms with Crippen LogP contribution in [0.5, 0.6) is 5.75 Å². The van der Waals surface area contributed by atoms with E-state index in [1.54, 1.807) is 25.4 Å². The number of hydrogen-bond acceptors (Lipinski definition) is 7. The lowest BCUT2D eigenvalue weighted by molar-refractivity contribution is 0.319. The lowest BCUT2D eigenvalue weighted by Gasteiger charge is -2.11. The van der Waals surface area contributed by atoms with E-state index in [4.69, 9.17) is 9.84 Å². The summed E-state index contributed by atoms with van der Waals surface area (Å²) in [6, 6.07) is 12.0. The van der Waals surface area contributed by atoms with Crippen molar-refractivity contribution in [1.29, 1.82) is 0 Å². The number of nitrogens with one attached hydrogen (secondary N) is 2. The quantitative estimate of drug-likeness (QED) is 0.457. The van der Waals surface area contributed by atoms with E-state index < -0.39 is 16.4 Å². The molecule has 0 radical (unpaired) electrons. The summed E-state index contributed by atoms with van der Waals surface area (Å²) in [6.45, 7) is -0.426. The molecule has 0 bridgehead atoms. The average molecular weight is 398 g/mol. The summed E-state index contributed by atoms with van der Waals surface area (Å²) < 4.78 is 29.7. The number of hydrogen-bond donors (Lipinski definition) is 3. The molecular formula is C19H18N4O4S. The fraction of sp³-hybridized carbons (Fsp3) is 0.158. The number of aliphatic hydroxyl groups excluding tert-OH is 1. The molecule has 4 aromatic rings. The molecule has 0 unspecified atom stereocenters. The van der Waals surface area contributed by atoms with Crippen LogP contribution in [0.25, 0.3) is 21.8 Å². The van der Waals surface area contributed by atoms with Crippen molar-refractivity contribution in [2.75, 3.05) is 24.8 Å². The third-order valence-corrected chi connectivity index (χ3v) is 6.11. The number of aromatic amines is 1. The van der Waals surface area contributed by atoms with E-state index >= 15 is 0 Å². The van der Waals surface area contributed by atoms with Crippen molar-refractivity contribution in [3.8, 4) is 5.75 Å². The van der Waals surface area contributed by atoms with E-state index in [0.29, 0.717) is 17.0 Å². The van der Waals surface area contributed by atoms with Crippen LogP contribution in [-0.2, 0) is 9.84 Å². The molecule has 2 aromatic heterocycles. The van der Waals surface area contributed by atoms with Crippen molar-refractivity contribution < 1.29 is 18.3 Å². The highest BCUT2D eigenvalue weighted by molar-refractivity contribution is 7.91. The molecule has 0 spiro atoms. The summed E-state index contributed by atoms with van der Waals surface area (Å²) in [7, 11) is -1.94. The number of methoxy groups -OCH3 is 1. The number of anilines is 2. The van der Waals surface area contributed by atoms with Crippen LogP contribution in [0.2, 0.25) is 0 Å². The zero-order chi connectivity index (χ0) is 19.7. The van der Waals surface area contributed by atoms with Crippen molar-refractivity contribution in [1.82, 2.24) is 15.2 Å². The highest BCUT2D eigenvalue weighted by Crippen LogP contribution is 2.32. The van der Waals surface area contributed by atoms with Crippen LogP contribution in [0.1, 0.15) is 0 Å². The third-order valence-electron chi connectivity index (χ3n) is 4.42.